The Labute approximate surface area is 325 Å². The Balaban J connectivity index is 0.912. The Hall–Kier alpha value is -5.41. The van der Waals surface area contributed by atoms with Crippen molar-refractivity contribution < 1.29 is 9.59 Å². The summed E-state index contributed by atoms with van der Waals surface area (Å²) in [6.45, 7) is 10.4. The predicted molar refractivity (Wildman–Crippen MR) is 227 cm³/mol. The smallest absolute Gasteiger partial charge is 0.228 e. The van der Waals surface area contributed by atoms with E-state index in [9.17, 15) is 9.59 Å². The average molecular weight is 738 g/mol. The van der Waals surface area contributed by atoms with Crippen LogP contribution >= 0.6 is 0 Å². The van der Waals surface area contributed by atoms with Crippen molar-refractivity contribution in [2.45, 2.75) is 39.2 Å². The number of rotatable bonds is 14. The molecule has 1 amide bonds. The molecule has 0 spiro atoms. The Morgan fingerprint density at radius 2 is 1.51 bits per heavy atom. The highest BCUT2D eigenvalue weighted by Crippen LogP contribution is 2.35. The Bertz CT molecular complexity index is 2090. The zero-order valence-electron chi connectivity index (χ0n) is 32.6. The van der Waals surface area contributed by atoms with E-state index in [1.54, 1.807) is 7.05 Å². The summed E-state index contributed by atoms with van der Waals surface area (Å²) >= 11 is 0. The molecule has 7 rings (SSSR count). The van der Waals surface area contributed by atoms with Crippen LogP contribution in [0.15, 0.2) is 97.1 Å². The topological polar surface area (TPSA) is 96.7 Å². The molecule has 5 aromatic rings. The van der Waals surface area contributed by atoms with E-state index in [1.807, 2.05) is 13.1 Å². The molecule has 2 fully saturated rings. The largest absolute Gasteiger partial charge is 0.388 e. The van der Waals surface area contributed by atoms with Crippen molar-refractivity contribution in [1.82, 2.24) is 14.8 Å². The van der Waals surface area contributed by atoms with Crippen LogP contribution in [-0.4, -0.2) is 87.3 Å². The van der Waals surface area contributed by atoms with Crippen LogP contribution in [0.3, 0.4) is 0 Å². The van der Waals surface area contributed by atoms with Gasteiger partial charge < -0.3 is 35.2 Å². The molecule has 0 radical (unpaired) electrons. The molecule has 286 valence electrons. The van der Waals surface area contributed by atoms with Crippen molar-refractivity contribution >= 4 is 45.9 Å². The maximum absolute atomic E-state index is 12.5. The van der Waals surface area contributed by atoms with E-state index in [0.717, 1.165) is 70.0 Å². The van der Waals surface area contributed by atoms with Crippen molar-refractivity contribution in [1.29, 1.82) is 5.41 Å². The zero-order valence-corrected chi connectivity index (χ0v) is 32.6. The van der Waals surface area contributed by atoms with Crippen molar-refractivity contribution in [3.8, 4) is 11.3 Å². The summed E-state index contributed by atoms with van der Waals surface area (Å²) in [4.78, 5) is 31.2. The first kappa shape index (κ1) is 37.9. The lowest BCUT2D eigenvalue weighted by Crippen LogP contribution is -2.49. The van der Waals surface area contributed by atoms with Gasteiger partial charge in [0.1, 0.15) is 6.29 Å². The second kappa shape index (κ2) is 17.4. The number of hydrogen-bond acceptors (Lipinski definition) is 7. The van der Waals surface area contributed by atoms with Gasteiger partial charge in [0.05, 0.1) is 17.3 Å². The molecule has 4 aromatic carbocycles. The van der Waals surface area contributed by atoms with E-state index in [-0.39, 0.29) is 18.0 Å². The number of benzene rings is 4. The molecule has 2 saturated heterocycles. The van der Waals surface area contributed by atoms with Gasteiger partial charge in [-0.2, -0.15) is 0 Å². The Morgan fingerprint density at radius 3 is 2.20 bits per heavy atom. The number of hydrogen-bond donors (Lipinski definition) is 3. The number of piperazine rings is 1. The summed E-state index contributed by atoms with van der Waals surface area (Å²) in [5.41, 5.74) is 10.7. The quantitative estimate of drug-likeness (QED) is 0.0810. The third-order valence-electron chi connectivity index (χ3n) is 11.8. The molecule has 1 atom stereocenters. The van der Waals surface area contributed by atoms with Crippen molar-refractivity contribution in [2.24, 2.45) is 11.8 Å². The molecule has 0 saturated carbocycles. The molecule has 3 N–H and O–H groups in total. The number of amides is 1. The van der Waals surface area contributed by atoms with Crippen molar-refractivity contribution in [2.75, 3.05) is 75.0 Å². The first-order chi connectivity index (χ1) is 26.9. The van der Waals surface area contributed by atoms with E-state index in [2.05, 4.69) is 128 Å². The van der Waals surface area contributed by atoms with Crippen LogP contribution in [0.5, 0.6) is 0 Å². The number of carbonyl (C=O) groups excluding carboxylic acids is 2. The molecule has 0 bridgehead atoms. The summed E-state index contributed by atoms with van der Waals surface area (Å²) in [5.74, 6) is -0.193. The summed E-state index contributed by atoms with van der Waals surface area (Å²) in [7, 11) is 3.42. The number of piperidine rings is 1. The summed E-state index contributed by atoms with van der Waals surface area (Å²) < 4.78 is 2.48. The summed E-state index contributed by atoms with van der Waals surface area (Å²) in [5, 5.41) is 16.0. The molecule has 2 aliphatic heterocycles. The van der Waals surface area contributed by atoms with Gasteiger partial charge in [-0.1, -0.05) is 60.7 Å². The molecule has 1 aromatic heterocycles. The highest BCUT2D eigenvalue weighted by atomic mass is 16.1. The minimum Gasteiger partial charge on any atom is -0.388 e. The first-order valence-corrected chi connectivity index (χ1v) is 19.9. The normalized spacial score (nSPS) is 15.9. The monoisotopic (exact) mass is 737 g/mol. The maximum atomic E-state index is 12.5. The number of aromatic nitrogens is 1. The lowest BCUT2D eigenvalue weighted by molar-refractivity contribution is -0.122. The van der Waals surface area contributed by atoms with Gasteiger partial charge >= 0.3 is 0 Å². The number of aldehydes is 1. The van der Waals surface area contributed by atoms with Crippen LogP contribution in [0.4, 0.5) is 17.1 Å². The van der Waals surface area contributed by atoms with Gasteiger partial charge in [-0.25, -0.2) is 0 Å². The fourth-order valence-corrected chi connectivity index (χ4v) is 8.71. The zero-order chi connectivity index (χ0) is 38.3. The highest BCUT2D eigenvalue weighted by molar-refractivity contribution is 6.14. The number of carbonyl (C=O) groups is 2. The van der Waals surface area contributed by atoms with Gasteiger partial charge in [0, 0.05) is 106 Å². The molecule has 3 heterocycles. The van der Waals surface area contributed by atoms with Crippen LogP contribution in [-0.2, 0) is 16.1 Å². The minimum atomic E-state index is -0.662. The van der Waals surface area contributed by atoms with Gasteiger partial charge in [0.15, 0.2) is 0 Å². The summed E-state index contributed by atoms with van der Waals surface area (Å²) in [6, 6.07) is 34.9. The first-order valence-electron chi connectivity index (χ1n) is 19.9. The van der Waals surface area contributed by atoms with Gasteiger partial charge in [0.25, 0.3) is 0 Å². The van der Waals surface area contributed by atoms with Crippen molar-refractivity contribution in [3.05, 3.63) is 114 Å². The molecule has 0 aliphatic carbocycles. The third kappa shape index (κ3) is 8.32. The fourth-order valence-electron chi connectivity index (χ4n) is 8.71. The predicted octanol–water partition coefficient (Wildman–Crippen LogP) is 7.45. The van der Waals surface area contributed by atoms with Crippen LogP contribution in [0.1, 0.15) is 42.4 Å². The van der Waals surface area contributed by atoms with Crippen LogP contribution in [0, 0.1) is 24.2 Å². The average Bonchev–Trinajstić information content (AvgIpc) is 3.51. The second-order valence-corrected chi connectivity index (χ2v) is 15.1. The van der Waals surface area contributed by atoms with E-state index in [0.29, 0.717) is 17.9 Å². The Kier molecular flexibility index (Phi) is 12.0. The number of nitrogens with one attached hydrogen (secondary N) is 3. The molecular weight excluding hydrogens is 683 g/mol. The standard InChI is InChI=1S/C46H55N7O2/c1-33-39-12-7-8-14-43(39)53(45(33)36-10-5-4-6-11-36)32-34-15-17-37(18-16-34)51-23-21-35(22-24-51)31-50-25-27-52(28-26-50)38-19-20-40(42(30-38)48-2)44(47)41(13-9-29-54)46(55)49-3/h4-8,10-12,14-20,29-30,35,41,47-48H,9,13,21-28,31-32H2,1-3H3,(H,49,55). The molecule has 9 nitrogen and oxygen atoms in total. The second-order valence-electron chi connectivity index (χ2n) is 15.1. The summed E-state index contributed by atoms with van der Waals surface area (Å²) in [6.07, 6.45) is 3.79. The van der Waals surface area contributed by atoms with Crippen molar-refractivity contribution in [3.63, 3.8) is 0 Å². The lowest BCUT2D eigenvalue weighted by atomic mass is 9.90. The SMILES string of the molecule is CNC(=O)C(CCC=O)C(=N)c1ccc(N2CCN(CC3CCN(c4ccc(Cn5c(-c6ccccc6)c(C)c6ccccc65)cc4)CC3)CC2)cc1NC. The number of anilines is 3. The molecule has 1 unspecified atom stereocenters. The van der Waals surface area contributed by atoms with Gasteiger partial charge in [-0.15, -0.1) is 0 Å². The highest BCUT2D eigenvalue weighted by Gasteiger charge is 2.27. The molecule has 55 heavy (non-hydrogen) atoms. The van der Waals surface area contributed by atoms with Gasteiger partial charge in [-0.3, -0.25) is 9.69 Å². The van der Waals surface area contributed by atoms with Crippen LogP contribution in [0.2, 0.25) is 0 Å². The minimum absolute atomic E-state index is 0.236. The number of aryl methyl sites for hydroxylation is 1. The fraction of sp³-hybridized carbons (Fsp3) is 0.370. The van der Waals surface area contributed by atoms with Gasteiger partial charge in [0.2, 0.25) is 5.91 Å². The van der Waals surface area contributed by atoms with E-state index < -0.39 is 5.92 Å². The van der Waals surface area contributed by atoms with Crippen LogP contribution < -0.4 is 20.4 Å². The van der Waals surface area contributed by atoms with E-state index >= 15 is 0 Å². The number of fused-ring (bicyclic) bond motifs is 1. The molecule has 2 aliphatic rings. The van der Waals surface area contributed by atoms with Gasteiger partial charge in [-0.05, 0) is 85.2 Å². The number of para-hydroxylation sites is 1. The third-order valence-corrected chi connectivity index (χ3v) is 11.8. The van der Waals surface area contributed by atoms with Crippen LogP contribution in [0.25, 0.3) is 22.2 Å². The molecule has 9 heteroatoms. The Morgan fingerprint density at radius 1 is 0.836 bits per heavy atom. The number of nitrogens with zero attached hydrogens (tertiary/aromatic N) is 4. The lowest BCUT2D eigenvalue weighted by Gasteiger charge is -2.40. The van der Waals surface area contributed by atoms with E-state index in [4.69, 9.17) is 5.41 Å². The molecular formula is C46H55N7O2. The van der Waals surface area contributed by atoms with E-state index in [1.165, 1.54) is 51.8 Å². The maximum Gasteiger partial charge on any atom is 0.228 e.